The number of rotatable bonds is 1. The Hall–Kier alpha value is -2.70. The van der Waals surface area contributed by atoms with E-state index in [4.69, 9.17) is 4.74 Å². The van der Waals surface area contributed by atoms with Crippen LogP contribution in [0.5, 0.6) is 0 Å². The highest BCUT2D eigenvalue weighted by atomic mass is 19.1. The van der Waals surface area contributed by atoms with Gasteiger partial charge >= 0.3 is 0 Å². The average Bonchev–Trinajstić information content (AvgIpc) is 2.94. The number of carbonyl (C=O) groups excluding carboxylic acids is 1. The average molecular weight is 384 g/mol. The highest BCUT2D eigenvalue weighted by Gasteiger charge is 2.52. The Morgan fingerprint density at radius 2 is 2.18 bits per heavy atom. The molecule has 0 aromatic carbocycles. The fraction of sp³-hybridized carbons (Fsp3) is 0.476. The fourth-order valence-electron chi connectivity index (χ4n) is 5.26. The van der Waals surface area contributed by atoms with Crippen LogP contribution in [0.15, 0.2) is 41.3 Å². The predicted molar refractivity (Wildman–Crippen MR) is 104 cm³/mol. The maximum atomic E-state index is 15.2. The minimum Gasteiger partial charge on any atom is -0.496 e. The molecule has 28 heavy (non-hydrogen) atoms. The summed E-state index contributed by atoms with van der Waals surface area (Å²) in [4.78, 5) is 14.8. The van der Waals surface area contributed by atoms with E-state index in [9.17, 15) is 4.79 Å². The van der Waals surface area contributed by atoms with Gasteiger partial charge in [0.1, 0.15) is 17.6 Å². The topological polar surface area (TPSA) is 58.5 Å². The second kappa shape index (κ2) is 5.65. The van der Waals surface area contributed by atoms with E-state index in [1.807, 2.05) is 29.6 Å². The van der Waals surface area contributed by atoms with Gasteiger partial charge in [0.15, 0.2) is 5.76 Å². The Balaban J connectivity index is 1.80. The highest BCUT2D eigenvalue weighted by molar-refractivity contribution is 6.00. The van der Waals surface area contributed by atoms with Crippen LogP contribution in [0, 0.1) is 5.92 Å². The van der Waals surface area contributed by atoms with Gasteiger partial charge in [-0.2, -0.15) is 0 Å². The molecule has 4 heterocycles. The van der Waals surface area contributed by atoms with Gasteiger partial charge in [0, 0.05) is 49.2 Å². The number of fused-ring (bicyclic) bond motifs is 4. The first-order chi connectivity index (χ1) is 13.4. The Morgan fingerprint density at radius 1 is 1.39 bits per heavy atom. The van der Waals surface area contributed by atoms with Gasteiger partial charge in [-0.1, -0.05) is 13.0 Å². The first kappa shape index (κ1) is 17.4. The van der Waals surface area contributed by atoms with Crippen molar-refractivity contribution in [3.8, 4) is 0 Å². The first-order valence-electron chi connectivity index (χ1n) is 9.77. The highest BCUT2D eigenvalue weighted by Crippen LogP contribution is 2.55. The number of halogens is 1. The van der Waals surface area contributed by atoms with Crippen LogP contribution in [0.1, 0.15) is 36.3 Å². The quantitative estimate of drug-likeness (QED) is 0.782. The van der Waals surface area contributed by atoms with Crippen molar-refractivity contribution in [2.75, 3.05) is 26.0 Å². The summed E-state index contributed by atoms with van der Waals surface area (Å²) in [6.45, 7) is 5.46. The van der Waals surface area contributed by atoms with Gasteiger partial charge in [0.25, 0.3) is 5.91 Å². The van der Waals surface area contributed by atoms with Gasteiger partial charge in [0.05, 0.1) is 18.7 Å². The van der Waals surface area contributed by atoms with Crippen LogP contribution < -0.4 is 10.6 Å². The molecule has 5 rings (SSSR count). The van der Waals surface area contributed by atoms with Crippen molar-refractivity contribution in [2.45, 2.75) is 38.3 Å². The zero-order chi connectivity index (χ0) is 19.8. The van der Waals surface area contributed by atoms with Crippen LogP contribution in [-0.2, 0) is 16.7 Å². The summed E-state index contributed by atoms with van der Waals surface area (Å²) < 4.78 is 22.8. The molecular formula is C21H25FN4O2. The van der Waals surface area contributed by atoms with E-state index < -0.39 is 11.5 Å². The Bertz CT molecular complexity index is 989. The lowest BCUT2D eigenvalue weighted by molar-refractivity contribution is 0.0952. The molecule has 1 aromatic rings. The molecule has 3 unspecified atom stereocenters. The lowest BCUT2D eigenvalue weighted by Gasteiger charge is -2.49. The van der Waals surface area contributed by atoms with E-state index in [1.54, 1.807) is 0 Å². The molecule has 4 aliphatic rings. The number of nitrogens with one attached hydrogen (secondary N) is 2. The lowest BCUT2D eigenvalue weighted by Crippen LogP contribution is -2.48. The largest absolute Gasteiger partial charge is 0.496 e. The smallest absolute Gasteiger partial charge is 0.270 e. The SMILES string of the molecule is COC1=C(F)C(C)C2=C3C1Nc1c(cn4c1C(=O)NCCC4)C3(C)C=CN2C. The zero-order valence-electron chi connectivity index (χ0n) is 16.6. The van der Waals surface area contributed by atoms with Crippen LogP contribution in [0.4, 0.5) is 10.1 Å². The summed E-state index contributed by atoms with van der Waals surface area (Å²) in [5, 5.41) is 6.44. The van der Waals surface area contributed by atoms with Crippen molar-refractivity contribution < 1.29 is 13.9 Å². The van der Waals surface area contributed by atoms with Crippen LogP contribution >= 0.6 is 0 Å². The van der Waals surface area contributed by atoms with Crippen molar-refractivity contribution in [1.29, 1.82) is 0 Å². The van der Waals surface area contributed by atoms with Crippen LogP contribution in [-0.4, -0.2) is 42.1 Å². The van der Waals surface area contributed by atoms with Gasteiger partial charge in [-0.3, -0.25) is 4.79 Å². The molecule has 1 aromatic heterocycles. The third-order valence-corrected chi connectivity index (χ3v) is 6.65. The number of anilines is 1. The third-order valence-electron chi connectivity index (χ3n) is 6.65. The number of hydrogen-bond acceptors (Lipinski definition) is 4. The molecule has 0 fully saturated rings. The molecule has 7 heteroatoms. The minimum absolute atomic E-state index is 0.0907. The molecule has 0 spiro atoms. The number of allylic oxidation sites excluding steroid dienone is 2. The number of aromatic nitrogens is 1. The molecule has 148 valence electrons. The van der Waals surface area contributed by atoms with E-state index >= 15 is 4.39 Å². The van der Waals surface area contributed by atoms with Gasteiger partial charge in [-0.05, 0) is 18.9 Å². The molecule has 0 saturated carbocycles. The Labute approximate surface area is 163 Å². The maximum absolute atomic E-state index is 15.2. The van der Waals surface area contributed by atoms with Crippen LogP contribution in [0.2, 0.25) is 0 Å². The Morgan fingerprint density at radius 3 is 2.93 bits per heavy atom. The van der Waals surface area contributed by atoms with Crippen molar-refractivity contribution in [3.63, 3.8) is 0 Å². The molecule has 6 nitrogen and oxygen atoms in total. The fourth-order valence-corrected chi connectivity index (χ4v) is 5.26. The van der Waals surface area contributed by atoms with Gasteiger partial charge in [-0.15, -0.1) is 0 Å². The molecule has 2 N–H and O–H groups in total. The summed E-state index contributed by atoms with van der Waals surface area (Å²) in [5.74, 6) is -0.433. The van der Waals surface area contributed by atoms with E-state index in [-0.39, 0.29) is 17.7 Å². The Kier molecular flexibility index (Phi) is 3.51. The molecule has 1 amide bonds. The number of nitrogens with zero attached hydrogens (tertiary/aromatic N) is 2. The van der Waals surface area contributed by atoms with Crippen molar-refractivity contribution >= 4 is 11.6 Å². The first-order valence-corrected chi connectivity index (χ1v) is 9.77. The number of hydrogen-bond donors (Lipinski definition) is 2. The monoisotopic (exact) mass is 384 g/mol. The number of carbonyl (C=O) groups is 1. The predicted octanol–water partition coefficient (Wildman–Crippen LogP) is 2.86. The second-order valence-electron chi connectivity index (χ2n) is 8.21. The third kappa shape index (κ3) is 1.99. The summed E-state index contributed by atoms with van der Waals surface area (Å²) in [6, 6.07) is -0.441. The molecule has 1 aliphatic carbocycles. The minimum atomic E-state index is -0.441. The summed E-state index contributed by atoms with van der Waals surface area (Å²) in [6.07, 6.45) is 7.13. The van der Waals surface area contributed by atoms with E-state index in [2.05, 4.69) is 29.8 Å². The molecule has 3 aliphatic heterocycles. The second-order valence-corrected chi connectivity index (χ2v) is 8.21. The number of methoxy groups -OCH3 is 1. The maximum Gasteiger partial charge on any atom is 0.270 e. The molecule has 0 radical (unpaired) electrons. The van der Waals surface area contributed by atoms with Crippen molar-refractivity contribution in [3.05, 3.63) is 52.6 Å². The summed E-state index contributed by atoms with van der Waals surface area (Å²) >= 11 is 0. The van der Waals surface area contributed by atoms with Crippen LogP contribution in [0.25, 0.3) is 0 Å². The van der Waals surface area contributed by atoms with E-state index in [1.165, 1.54) is 7.11 Å². The molecule has 0 bridgehead atoms. The van der Waals surface area contributed by atoms with Crippen molar-refractivity contribution in [2.24, 2.45) is 5.92 Å². The molecule has 0 saturated heterocycles. The summed E-state index contributed by atoms with van der Waals surface area (Å²) in [7, 11) is 3.46. The summed E-state index contributed by atoms with van der Waals surface area (Å²) in [5.41, 5.74) is 4.06. The zero-order valence-corrected chi connectivity index (χ0v) is 16.6. The lowest BCUT2D eigenvalue weighted by atomic mass is 9.65. The normalized spacial score (nSPS) is 30.9. The van der Waals surface area contributed by atoms with E-state index in [0.717, 1.165) is 35.5 Å². The van der Waals surface area contributed by atoms with Gasteiger partial charge < -0.3 is 24.8 Å². The molecule has 3 atom stereocenters. The number of ether oxygens (including phenoxy) is 1. The van der Waals surface area contributed by atoms with Gasteiger partial charge in [0.2, 0.25) is 0 Å². The van der Waals surface area contributed by atoms with Gasteiger partial charge in [-0.25, -0.2) is 4.39 Å². The standard InChI is InChI=1S/C21H25FN4O2/c1-11-14(22)19(28-4)16-13-17(11)25(3)9-6-21(13,2)12-10-26-8-5-7-23-20(27)18(26)15(12)24-16/h6,9-11,16,24H,5,7-8H2,1-4H3,(H,23,27). The van der Waals surface area contributed by atoms with Crippen molar-refractivity contribution in [1.82, 2.24) is 14.8 Å². The number of aryl methyl sites for hydroxylation is 1. The van der Waals surface area contributed by atoms with E-state index in [0.29, 0.717) is 18.0 Å². The number of amides is 1. The van der Waals surface area contributed by atoms with Crippen LogP contribution in [0.3, 0.4) is 0 Å². The molecular weight excluding hydrogens is 359 g/mol.